The van der Waals surface area contributed by atoms with E-state index in [1.54, 1.807) is 6.20 Å². The zero-order valence-corrected chi connectivity index (χ0v) is 9.56. The highest BCUT2D eigenvalue weighted by atomic mass is 19.1. The van der Waals surface area contributed by atoms with Crippen LogP contribution in [0.3, 0.4) is 0 Å². The summed E-state index contributed by atoms with van der Waals surface area (Å²) in [6.45, 7) is 0. The van der Waals surface area contributed by atoms with E-state index in [0.717, 1.165) is 12.8 Å². The van der Waals surface area contributed by atoms with Crippen molar-refractivity contribution in [1.82, 2.24) is 9.88 Å². The molecule has 86 valence electrons. The fourth-order valence-corrected chi connectivity index (χ4v) is 3.25. The molecule has 0 aromatic carbocycles. The van der Waals surface area contributed by atoms with Gasteiger partial charge in [-0.1, -0.05) is 6.07 Å². The van der Waals surface area contributed by atoms with Crippen LogP contribution in [0.1, 0.15) is 31.4 Å². The normalized spacial score (nSPS) is 38.9. The predicted octanol–water partition coefficient (Wildman–Crippen LogP) is 2.50. The van der Waals surface area contributed by atoms with Gasteiger partial charge < -0.3 is 4.90 Å². The van der Waals surface area contributed by atoms with Crippen molar-refractivity contribution < 1.29 is 4.39 Å². The van der Waals surface area contributed by atoms with Gasteiger partial charge in [0.2, 0.25) is 0 Å². The van der Waals surface area contributed by atoms with Crippen LogP contribution < -0.4 is 0 Å². The number of pyridine rings is 1. The van der Waals surface area contributed by atoms with Gasteiger partial charge in [-0.05, 0) is 32.0 Å². The van der Waals surface area contributed by atoms with Crippen molar-refractivity contribution >= 4 is 0 Å². The summed E-state index contributed by atoms with van der Waals surface area (Å²) in [6, 6.07) is 6.36. The number of nitrogens with zero attached hydrogens (tertiary/aromatic N) is 2. The van der Waals surface area contributed by atoms with Crippen LogP contribution in [0.15, 0.2) is 24.4 Å². The second kappa shape index (κ2) is 3.52. The Kier molecular flexibility index (Phi) is 2.25. The van der Waals surface area contributed by atoms with Gasteiger partial charge in [0.25, 0.3) is 0 Å². The molecule has 3 heteroatoms. The average molecular weight is 220 g/mol. The monoisotopic (exact) mass is 220 g/mol. The van der Waals surface area contributed by atoms with Crippen molar-refractivity contribution in [3.05, 3.63) is 30.1 Å². The second-order valence-corrected chi connectivity index (χ2v) is 5.14. The molecule has 3 heterocycles. The molecular weight excluding hydrogens is 203 g/mol. The Balaban J connectivity index is 1.91. The van der Waals surface area contributed by atoms with Crippen LogP contribution in [0, 0.1) is 0 Å². The molecule has 2 bridgehead atoms. The first-order valence-electron chi connectivity index (χ1n) is 6.01. The molecule has 0 radical (unpaired) electrons. The van der Waals surface area contributed by atoms with Gasteiger partial charge in [-0.3, -0.25) is 4.98 Å². The predicted molar refractivity (Wildman–Crippen MR) is 60.8 cm³/mol. The Morgan fingerprint density at radius 2 is 2.00 bits per heavy atom. The van der Waals surface area contributed by atoms with Gasteiger partial charge in [0.05, 0.1) is 5.69 Å². The lowest BCUT2D eigenvalue weighted by Crippen LogP contribution is -2.45. The van der Waals surface area contributed by atoms with E-state index in [4.69, 9.17) is 0 Å². The molecule has 1 aromatic rings. The third kappa shape index (κ3) is 1.46. The lowest BCUT2D eigenvalue weighted by atomic mass is 9.85. The van der Waals surface area contributed by atoms with Crippen molar-refractivity contribution in [3.63, 3.8) is 0 Å². The quantitative estimate of drug-likeness (QED) is 0.723. The summed E-state index contributed by atoms with van der Waals surface area (Å²) in [4.78, 5) is 6.55. The number of hydrogen-bond donors (Lipinski definition) is 0. The summed E-state index contributed by atoms with van der Waals surface area (Å²) in [5, 5.41) is 0. The summed E-state index contributed by atoms with van der Waals surface area (Å²) >= 11 is 0. The molecule has 3 rings (SSSR count). The van der Waals surface area contributed by atoms with Crippen molar-refractivity contribution in [1.29, 1.82) is 0 Å². The van der Waals surface area contributed by atoms with Crippen LogP contribution in [0.2, 0.25) is 0 Å². The van der Waals surface area contributed by atoms with Crippen molar-refractivity contribution in [3.8, 4) is 0 Å². The fourth-order valence-electron chi connectivity index (χ4n) is 3.25. The van der Waals surface area contributed by atoms with Gasteiger partial charge in [-0.15, -0.1) is 0 Å². The van der Waals surface area contributed by atoms with Crippen molar-refractivity contribution in [2.24, 2.45) is 0 Å². The molecule has 16 heavy (non-hydrogen) atoms. The maximum atomic E-state index is 14.9. The highest BCUT2D eigenvalue weighted by molar-refractivity contribution is 5.17. The summed E-state index contributed by atoms with van der Waals surface area (Å²) < 4.78 is 14.9. The molecular formula is C13H17FN2. The second-order valence-electron chi connectivity index (χ2n) is 5.14. The summed E-state index contributed by atoms with van der Waals surface area (Å²) in [7, 11) is 2.13. The number of aromatic nitrogens is 1. The SMILES string of the molecule is CN1C2CCC1CC(F)(c1ccccn1)C2. The van der Waals surface area contributed by atoms with Crippen LogP contribution in [0.25, 0.3) is 0 Å². The molecule has 2 unspecified atom stereocenters. The van der Waals surface area contributed by atoms with E-state index in [9.17, 15) is 4.39 Å². The van der Waals surface area contributed by atoms with Crippen LogP contribution in [-0.4, -0.2) is 29.0 Å². The largest absolute Gasteiger partial charge is 0.300 e. The lowest BCUT2D eigenvalue weighted by molar-refractivity contribution is 0.0186. The van der Waals surface area contributed by atoms with Crippen LogP contribution in [-0.2, 0) is 5.67 Å². The van der Waals surface area contributed by atoms with E-state index < -0.39 is 5.67 Å². The van der Waals surface area contributed by atoms with Gasteiger partial charge in [0.15, 0.2) is 5.67 Å². The maximum Gasteiger partial charge on any atom is 0.155 e. The molecule has 2 saturated heterocycles. The molecule has 1 aromatic heterocycles. The molecule has 2 atom stereocenters. The third-order valence-electron chi connectivity index (χ3n) is 4.23. The van der Waals surface area contributed by atoms with E-state index in [-0.39, 0.29) is 0 Å². The smallest absolute Gasteiger partial charge is 0.155 e. The van der Waals surface area contributed by atoms with Crippen molar-refractivity contribution in [2.45, 2.75) is 43.4 Å². The summed E-state index contributed by atoms with van der Waals surface area (Å²) in [6.07, 6.45) is 5.18. The molecule has 0 saturated carbocycles. The Bertz CT molecular complexity index is 365. The minimum Gasteiger partial charge on any atom is -0.300 e. The Morgan fingerprint density at radius 1 is 1.31 bits per heavy atom. The molecule has 0 amide bonds. The fraction of sp³-hybridized carbons (Fsp3) is 0.615. The number of rotatable bonds is 1. The van der Waals surface area contributed by atoms with Crippen LogP contribution >= 0.6 is 0 Å². The van der Waals surface area contributed by atoms with Gasteiger partial charge in [-0.2, -0.15) is 0 Å². The molecule has 0 spiro atoms. The standard InChI is InChI=1S/C13H17FN2/c1-16-10-5-6-11(16)9-13(14,8-10)12-4-2-3-7-15-12/h2-4,7,10-11H,5-6,8-9H2,1H3. The first-order valence-corrected chi connectivity index (χ1v) is 6.01. The zero-order chi connectivity index (χ0) is 11.2. The van der Waals surface area contributed by atoms with E-state index in [1.807, 2.05) is 18.2 Å². The Morgan fingerprint density at radius 3 is 2.56 bits per heavy atom. The van der Waals surface area contributed by atoms with Gasteiger partial charge in [0.1, 0.15) is 0 Å². The van der Waals surface area contributed by atoms with Crippen LogP contribution in [0.5, 0.6) is 0 Å². The number of alkyl halides is 1. The first-order chi connectivity index (χ1) is 7.69. The lowest BCUT2D eigenvalue weighted by Gasteiger charge is -2.40. The summed E-state index contributed by atoms with van der Waals surface area (Å²) in [5.41, 5.74) is -0.570. The minimum absolute atomic E-state index is 0.408. The van der Waals surface area contributed by atoms with Gasteiger partial charge >= 0.3 is 0 Å². The highest BCUT2D eigenvalue weighted by Crippen LogP contribution is 2.46. The first kappa shape index (κ1) is 10.2. The Hall–Kier alpha value is -0.960. The molecule has 0 N–H and O–H groups in total. The zero-order valence-electron chi connectivity index (χ0n) is 9.56. The van der Waals surface area contributed by atoms with E-state index >= 15 is 0 Å². The molecule has 2 aliphatic heterocycles. The van der Waals surface area contributed by atoms with Gasteiger partial charge in [-0.25, -0.2) is 4.39 Å². The number of fused-ring (bicyclic) bond motifs is 2. The highest BCUT2D eigenvalue weighted by Gasteiger charge is 2.48. The minimum atomic E-state index is -1.19. The maximum absolute atomic E-state index is 14.9. The number of halogens is 1. The molecule has 0 aliphatic carbocycles. The third-order valence-corrected chi connectivity index (χ3v) is 4.23. The van der Waals surface area contributed by atoms with Crippen LogP contribution in [0.4, 0.5) is 4.39 Å². The van der Waals surface area contributed by atoms with Crippen molar-refractivity contribution in [2.75, 3.05) is 7.05 Å². The molecule has 2 nitrogen and oxygen atoms in total. The van der Waals surface area contributed by atoms with E-state index in [2.05, 4.69) is 16.9 Å². The van der Waals surface area contributed by atoms with Gasteiger partial charge in [0, 0.05) is 31.1 Å². The molecule has 2 fully saturated rings. The van der Waals surface area contributed by atoms with E-state index in [0.29, 0.717) is 30.6 Å². The topological polar surface area (TPSA) is 16.1 Å². The summed E-state index contributed by atoms with van der Waals surface area (Å²) in [5.74, 6) is 0. The Labute approximate surface area is 95.5 Å². The average Bonchev–Trinajstić information content (AvgIpc) is 2.54. The number of piperidine rings is 1. The number of hydrogen-bond acceptors (Lipinski definition) is 2. The molecule has 2 aliphatic rings. The van der Waals surface area contributed by atoms with E-state index in [1.165, 1.54) is 0 Å².